The van der Waals surface area contributed by atoms with Gasteiger partial charge in [-0.2, -0.15) is 4.57 Å². The molecule has 2 aliphatic heterocycles. The van der Waals surface area contributed by atoms with Crippen LogP contribution >= 0.6 is 46.2 Å². The third-order valence-electron chi connectivity index (χ3n) is 6.27. The molecule has 0 spiro atoms. The van der Waals surface area contributed by atoms with Gasteiger partial charge < -0.3 is 26.1 Å². The lowest BCUT2D eigenvalue weighted by Crippen LogP contribution is -2.71. The van der Waals surface area contributed by atoms with Crippen molar-refractivity contribution in [3.63, 3.8) is 0 Å². The van der Waals surface area contributed by atoms with Crippen molar-refractivity contribution in [3.05, 3.63) is 40.7 Å². The number of oxime groups is 1. The highest BCUT2D eigenvalue weighted by atomic mass is 32.2. The van der Waals surface area contributed by atoms with E-state index in [0.29, 0.717) is 17.1 Å². The Kier molecular flexibility index (Phi) is 8.15. The van der Waals surface area contributed by atoms with Crippen LogP contribution in [0.5, 0.6) is 0 Å². The Labute approximate surface area is 254 Å². The standard InChI is InChI=1S/C24H23N7O7S4/c1-24(2,21(36)37)38-29-13(12-9-40-22(25)26-12)16(32)28-14-17(33)31-15(20(34)35)10(7-39-19(14)31)8-41-23-27-11-5-4-6-30(3)18(11)42-23/h4-6,9,14,19H,7-8H2,1-3H3,(H4-,25,26,28,32,34,35,36,37)/p+1/b29-13-/t14?,19-/m0/s1. The summed E-state index contributed by atoms with van der Waals surface area (Å²) in [5, 5.41) is 26.6. The van der Waals surface area contributed by atoms with Gasteiger partial charge in [-0.25, -0.2) is 19.6 Å². The van der Waals surface area contributed by atoms with Gasteiger partial charge in [-0.1, -0.05) is 16.9 Å². The predicted molar refractivity (Wildman–Crippen MR) is 157 cm³/mol. The maximum Gasteiger partial charge on any atom is 0.352 e. The molecule has 0 aromatic carbocycles. The minimum Gasteiger partial charge on any atom is -0.478 e. The number of hydrogen-bond acceptors (Lipinski definition) is 13. The molecule has 0 saturated carbocycles. The van der Waals surface area contributed by atoms with E-state index in [1.807, 2.05) is 29.9 Å². The summed E-state index contributed by atoms with van der Waals surface area (Å²) in [4.78, 5) is 66.0. The van der Waals surface area contributed by atoms with E-state index >= 15 is 0 Å². The number of carboxylic acid groups (broad SMARTS) is 2. The summed E-state index contributed by atoms with van der Waals surface area (Å²) >= 11 is 5.25. The molecule has 42 heavy (non-hydrogen) atoms. The third-order valence-corrected chi connectivity index (χ3v) is 10.7. The zero-order valence-corrected chi connectivity index (χ0v) is 25.5. The average Bonchev–Trinajstić information content (AvgIpc) is 3.56. The number of rotatable bonds is 10. The van der Waals surface area contributed by atoms with E-state index in [0.717, 1.165) is 26.0 Å². The summed E-state index contributed by atoms with van der Waals surface area (Å²) in [6.45, 7) is 2.50. The SMILES string of the molecule is C[n+]1cccc2nc(SCC3=C(C(=O)O)N4C(=O)C(NC(=O)/C(=N\OC(C)(C)C(=O)O)c5csc(N)n5)[C@@H]4SC3)sc21. The van der Waals surface area contributed by atoms with Crippen LogP contribution in [0.1, 0.15) is 19.5 Å². The molecule has 1 fully saturated rings. The highest BCUT2D eigenvalue weighted by Crippen LogP contribution is 2.42. The molecule has 2 atom stereocenters. The second-order valence-electron chi connectivity index (χ2n) is 9.61. The maximum absolute atomic E-state index is 13.2. The van der Waals surface area contributed by atoms with Crippen molar-refractivity contribution >= 4 is 91.1 Å². The zero-order valence-electron chi connectivity index (χ0n) is 22.3. The number of pyridine rings is 1. The van der Waals surface area contributed by atoms with E-state index < -0.39 is 40.8 Å². The molecule has 3 aromatic rings. The van der Waals surface area contributed by atoms with Crippen molar-refractivity contribution in [2.75, 3.05) is 17.2 Å². The van der Waals surface area contributed by atoms with Gasteiger partial charge in [-0.3, -0.25) is 14.5 Å². The highest BCUT2D eigenvalue weighted by Gasteiger charge is 2.54. The van der Waals surface area contributed by atoms with Crippen LogP contribution in [0.2, 0.25) is 0 Å². The monoisotopic (exact) mass is 650 g/mol. The molecule has 5 heterocycles. The number of carboxylic acids is 2. The molecule has 220 valence electrons. The van der Waals surface area contributed by atoms with Crippen LogP contribution in [0, 0.1) is 0 Å². The number of β-lactam (4-membered cyclic amide) rings is 1. The van der Waals surface area contributed by atoms with Gasteiger partial charge in [0.2, 0.25) is 5.60 Å². The van der Waals surface area contributed by atoms with E-state index in [9.17, 15) is 29.4 Å². The summed E-state index contributed by atoms with van der Waals surface area (Å²) in [6, 6.07) is 2.75. The minimum atomic E-state index is -1.76. The van der Waals surface area contributed by atoms with E-state index in [-0.39, 0.29) is 22.2 Å². The van der Waals surface area contributed by atoms with Crippen molar-refractivity contribution in [2.24, 2.45) is 12.2 Å². The minimum absolute atomic E-state index is 0.0324. The topological polar surface area (TPSA) is 201 Å². The number of thiazole rings is 2. The molecular formula is C24H24N7O7S4+. The smallest absolute Gasteiger partial charge is 0.352 e. The van der Waals surface area contributed by atoms with Crippen molar-refractivity contribution < 1.29 is 38.8 Å². The second kappa shape index (κ2) is 11.5. The van der Waals surface area contributed by atoms with Gasteiger partial charge in [0.25, 0.3) is 16.6 Å². The number of aryl methyl sites for hydroxylation is 1. The first kappa shape index (κ1) is 29.7. The summed E-state index contributed by atoms with van der Waals surface area (Å²) in [5.74, 6) is -3.36. The number of nitrogens with zero attached hydrogens (tertiary/aromatic N) is 5. The van der Waals surface area contributed by atoms with Crippen LogP contribution in [0.25, 0.3) is 10.3 Å². The first-order valence-corrected chi connectivity index (χ1v) is 15.9. The van der Waals surface area contributed by atoms with Gasteiger partial charge in [0.05, 0.1) is 0 Å². The Balaban J connectivity index is 1.32. The van der Waals surface area contributed by atoms with Gasteiger partial charge in [0.1, 0.15) is 35.4 Å². The number of aromatic nitrogens is 3. The molecule has 3 aromatic heterocycles. The molecule has 2 amide bonds. The van der Waals surface area contributed by atoms with Crippen LogP contribution < -0.4 is 15.6 Å². The number of nitrogens with one attached hydrogen (secondary N) is 1. The molecule has 0 bridgehead atoms. The van der Waals surface area contributed by atoms with Crippen LogP contribution in [0.3, 0.4) is 0 Å². The quantitative estimate of drug-likeness (QED) is 0.0806. The molecule has 18 heteroatoms. The molecule has 5 N–H and O–H groups in total. The van der Waals surface area contributed by atoms with Gasteiger partial charge in [-0.15, -0.1) is 23.1 Å². The Morgan fingerprint density at radius 3 is 2.74 bits per heavy atom. The summed E-state index contributed by atoms with van der Waals surface area (Å²) in [5.41, 5.74) is 4.90. The number of nitrogen functional groups attached to an aromatic ring is 1. The van der Waals surface area contributed by atoms with Crippen LogP contribution in [0.4, 0.5) is 5.13 Å². The Hall–Kier alpha value is -3.74. The molecule has 14 nitrogen and oxygen atoms in total. The van der Waals surface area contributed by atoms with Crippen molar-refractivity contribution in [1.82, 2.24) is 20.2 Å². The number of fused-ring (bicyclic) bond motifs is 2. The van der Waals surface area contributed by atoms with E-state index in [1.54, 1.807) is 0 Å². The summed E-state index contributed by atoms with van der Waals surface area (Å²) in [7, 11) is 1.92. The van der Waals surface area contributed by atoms with Crippen molar-refractivity contribution in [2.45, 2.75) is 35.2 Å². The number of aliphatic carboxylic acids is 2. The lowest BCUT2D eigenvalue weighted by atomic mass is 10.0. The Morgan fingerprint density at radius 2 is 2.10 bits per heavy atom. The summed E-state index contributed by atoms with van der Waals surface area (Å²) in [6.07, 6.45) is 1.92. The van der Waals surface area contributed by atoms with E-state index in [2.05, 4.69) is 20.4 Å². The lowest BCUT2D eigenvalue weighted by molar-refractivity contribution is -0.642. The van der Waals surface area contributed by atoms with Crippen LogP contribution in [-0.2, 0) is 31.1 Å². The van der Waals surface area contributed by atoms with Gasteiger partial charge in [0, 0.05) is 23.0 Å². The van der Waals surface area contributed by atoms with Crippen LogP contribution in [-0.4, -0.2) is 83.1 Å². The van der Waals surface area contributed by atoms with E-state index in [1.165, 1.54) is 59.0 Å². The van der Waals surface area contributed by atoms with Crippen LogP contribution in [0.15, 0.2) is 44.5 Å². The molecule has 5 rings (SSSR count). The molecular weight excluding hydrogens is 627 g/mol. The van der Waals surface area contributed by atoms with Crippen molar-refractivity contribution in [1.29, 1.82) is 0 Å². The molecule has 2 aliphatic rings. The second-order valence-corrected chi connectivity index (χ2v) is 13.8. The normalized spacial score (nSPS) is 19.0. The first-order valence-electron chi connectivity index (χ1n) is 12.2. The Bertz CT molecular complexity index is 1680. The first-order chi connectivity index (χ1) is 19.9. The fourth-order valence-corrected chi connectivity index (χ4v) is 8.11. The highest BCUT2D eigenvalue weighted by molar-refractivity contribution is 8.02. The largest absolute Gasteiger partial charge is 0.478 e. The zero-order chi connectivity index (χ0) is 30.3. The molecule has 0 aliphatic carbocycles. The number of anilines is 1. The molecule has 1 saturated heterocycles. The Morgan fingerprint density at radius 1 is 1.33 bits per heavy atom. The van der Waals surface area contributed by atoms with E-state index in [4.69, 9.17) is 10.6 Å². The lowest BCUT2D eigenvalue weighted by Gasteiger charge is -2.49. The van der Waals surface area contributed by atoms with Gasteiger partial charge >= 0.3 is 11.9 Å². The van der Waals surface area contributed by atoms with Gasteiger partial charge in [-0.05, 0) is 36.8 Å². The predicted octanol–water partition coefficient (Wildman–Crippen LogP) is 1.27. The maximum atomic E-state index is 13.2. The molecule has 1 unspecified atom stereocenters. The number of carbonyl (C=O) groups is 4. The van der Waals surface area contributed by atoms with Crippen molar-refractivity contribution in [3.8, 4) is 0 Å². The third kappa shape index (κ3) is 5.66. The summed E-state index contributed by atoms with van der Waals surface area (Å²) < 4.78 is 2.74. The molecule has 0 radical (unpaired) electrons. The number of nitrogens with two attached hydrogens (primary N) is 1. The fourth-order valence-electron chi connectivity index (χ4n) is 4.01. The number of thioether (sulfide) groups is 2. The fraction of sp³-hybridized carbons (Fsp3) is 0.333. The number of hydrogen-bond donors (Lipinski definition) is 4. The van der Waals surface area contributed by atoms with Gasteiger partial charge in [0.15, 0.2) is 21.4 Å². The number of amides is 2. The average molecular weight is 651 g/mol. The number of carbonyl (C=O) groups excluding carboxylic acids is 2.